The molecule has 8 nitrogen and oxygen atoms in total. The summed E-state index contributed by atoms with van der Waals surface area (Å²) in [5.41, 5.74) is 13.5. The number of hydrogen-bond acceptors (Lipinski definition) is 6. The number of nitrogens with zero attached hydrogens (tertiary/aromatic N) is 2. The van der Waals surface area contributed by atoms with Crippen molar-refractivity contribution in [2.75, 3.05) is 10.6 Å². The minimum atomic E-state index is -0.797. The Bertz CT molecular complexity index is 997. The molecule has 0 saturated heterocycles. The summed E-state index contributed by atoms with van der Waals surface area (Å²) in [7, 11) is 0. The van der Waals surface area contributed by atoms with Gasteiger partial charge in [0.05, 0.1) is 5.69 Å². The van der Waals surface area contributed by atoms with Crippen molar-refractivity contribution in [3.8, 4) is 0 Å². The second-order valence-electron chi connectivity index (χ2n) is 8.12. The predicted molar refractivity (Wildman–Crippen MR) is 122 cm³/mol. The summed E-state index contributed by atoms with van der Waals surface area (Å²) >= 11 is 0.812. The molecule has 0 aliphatic heterocycles. The zero-order valence-electron chi connectivity index (χ0n) is 18.1. The normalized spacial score (nSPS) is 15.3. The van der Waals surface area contributed by atoms with E-state index in [1.54, 1.807) is 6.92 Å². The topological polar surface area (TPSA) is 131 Å². The Hall–Kier alpha value is -2.94. The van der Waals surface area contributed by atoms with E-state index in [0.717, 1.165) is 48.3 Å². The van der Waals surface area contributed by atoms with Gasteiger partial charge in [-0.1, -0.05) is 31.4 Å². The van der Waals surface area contributed by atoms with Crippen LogP contribution in [-0.2, 0) is 4.79 Å². The molecule has 0 radical (unpaired) electrons. The number of nitrogens with two attached hydrogens (primary N) is 2. The second kappa shape index (κ2) is 9.47. The fraction of sp³-hybridized carbons (Fsp3) is 0.455. The fourth-order valence-electron chi connectivity index (χ4n) is 3.90. The number of nitrogens with one attached hydrogen (secondary N) is 1. The molecular weight excluding hydrogens is 414 g/mol. The van der Waals surface area contributed by atoms with E-state index >= 15 is 0 Å². The van der Waals surface area contributed by atoms with Crippen molar-refractivity contribution in [3.05, 3.63) is 39.9 Å². The van der Waals surface area contributed by atoms with Gasteiger partial charge >= 0.3 is 0 Å². The average Bonchev–Trinajstić information content (AvgIpc) is 3.13. The first-order valence-corrected chi connectivity index (χ1v) is 11.2. The van der Waals surface area contributed by atoms with Crippen LogP contribution in [0.5, 0.6) is 0 Å². The highest BCUT2D eigenvalue weighted by atomic mass is 32.1. The lowest BCUT2D eigenvalue weighted by molar-refractivity contribution is -0.122. The van der Waals surface area contributed by atoms with Crippen molar-refractivity contribution in [1.82, 2.24) is 9.69 Å². The van der Waals surface area contributed by atoms with Gasteiger partial charge in [0.15, 0.2) is 5.69 Å². The molecular formula is C22H29N5O3S. The highest BCUT2D eigenvalue weighted by molar-refractivity contribution is 7.09. The van der Waals surface area contributed by atoms with Crippen LogP contribution in [0.3, 0.4) is 0 Å². The number of nitrogen functional groups attached to an aromatic ring is 1. The van der Waals surface area contributed by atoms with Crippen molar-refractivity contribution in [2.24, 2.45) is 5.73 Å². The number of carbonyl (C=O) groups excluding carboxylic acids is 3. The van der Waals surface area contributed by atoms with Crippen molar-refractivity contribution in [2.45, 2.75) is 65.0 Å². The fourth-order valence-corrected chi connectivity index (χ4v) is 4.64. The Balaban J connectivity index is 1.98. The third-order valence-electron chi connectivity index (χ3n) is 5.72. The zero-order valence-corrected chi connectivity index (χ0v) is 18.9. The maximum absolute atomic E-state index is 13.6. The second-order valence-corrected chi connectivity index (χ2v) is 8.90. The van der Waals surface area contributed by atoms with Crippen LogP contribution in [0.15, 0.2) is 18.2 Å². The number of rotatable bonds is 6. The number of benzene rings is 1. The minimum Gasteiger partial charge on any atom is -0.395 e. The van der Waals surface area contributed by atoms with Crippen molar-refractivity contribution in [3.63, 3.8) is 0 Å². The van der Waals surface area contributed by atoms with E-state index in [-0.39, 0.29) is 28.2 Å². The van der Waals surface area contributed by atoms with Gasteiger partial charge in [-0.05, 0) is 62.3 Å². The standard InChI is InChI=1S/C22H29N5O3S/c1-12-9-10-13(2)16(11-12)27(14(3)21(29)25-15-7-5-4-6-8-15)22(30)19-17(23)18(20(24)28)26-31-19/h9-11,14-15H,4-8,23H2,1-3H3,(H2,24,28)(H,25,29)/t14-/m0/s1. The van der Waals surface area contributed by atoms with Gasteiger partial charge in [-0.25, -0.2) is 0 Å². The lowest BCUT2D eigenvalue weighted by atomic mass is 9.95. The van der Waals surface area contributed by atoms with E-state index in [0.29, 0.717) is 5.69 Å². The van der Waals surface area contributed by atoms with E-state index in [9.17, 15) is 14.4 Å². The van der Waals surface area contributed by atoms with E-state index in [1.807, 2.05) is 32.0 Å². The summed E-state index contributed by atoms with van der Waals surface area (Å²) in [4.78, 5) is 39.8. The molecule has 1 heterocycles. The van der Waals surface area contributed by atoms with Crippen LogP contribution in [0.4, 0.5) is 11.4 Å². The number of anilines is 2. The van der Waals surface area contributed by atoms with Gasteiger partial charge in [-0.3, -0.25) is 19.3 Å². The number of amides is 3. The van der Waals surface area contributed by atoms with Gasteiger partial charge in [0.1, 0.15) is 10.9 Å². The van der Waals surface area contributed by atoms with Gasteiger partial charge in [0.2, 0.25) is 5.91 Å². The third-order valence-corrected chi connectivity index (χ3v) is 6.57. The maximum Gasteiger partial charge on any atom is 0.272 e. The van der Waals surface area contributed by atoms with Crippen LogP contribution in [0.1, 0.15) is 70.3 Å². The first-order valence-electron chi connectivity index (χ1n) is 10.5. The molecule has 9 heteroatoms. The molecule has 3 rings (SSSR count). The van der Waals surface area contributed by atoms with Crippen LogP contribution in [0, 0.1) is 13.8 Å². The largest absolute Gasteiger partial charge is 0.395 e. The Kier molecular flexibility index (Phi) is 6.94. The molecule has 1 saturated carbocycles. The summed E-state index contributed by atoms with van der Waals surface area (Å²) in [6.45, 7) is 5.50. The monoisotopic (exact) mass is 443 g/mol. The molecule has 0 spiro atoms. The highest BCUT2D eigenvalue weighted by Crippen LogP contribution is 2.30. The molecule has 0 unspecified atom stereocenters. The van der Waals surface area contributed by atoms with Crippen LogP contribution >= 0.6 is 11.5 Å². The van der Waals surface area contributed by atoms with E-state index < -0.39 is 17.9 Å². The zero-order chi connectivity index (χ0) is 22.7. The maximum atomic E-state index is 13.6. The molecule has 1 aromatic heterocycles. The van der Waals surface area contributed by atoms with Crippen LogP contribution in [0.2, 0.25) is 0 Å². The first-order chi connectivity index (χ1) is 14.7. The Morgan fingerprint density at radius 1 is 1.19 bits per heavy atom. The number of carbonyl (C=O) groups is 3. The molecule has 1 aliphatic carbocycles. The van der Waals surface area contributed by atoms with Crippen LogP contribution in [0.25, 0.3) is 0 Å². The quantitative estimate of drug-likeness (QED) is 0.632. The molecule has 1 fully saturated rings. The molecule has 166 valence electrons. The smallest absolute Gasteiger partial charge is 0.272 e. The highest BCUT2D eigenvalue weighted by Gasteiger charge is 2.33. The van der Waals surface area contributed by atoms with Gasteiger partial charge < -0.3 is 16.8 Å². The summed E-state index contributed by atoms with van der Waals surface area (Å²) in [5, 5.41) is 3.10. The van der Waals surface area contributed by atoms with E-state index in [1.165, 1.54) is 11.3 Å². The molecule has 1 atom stereocenters. The Morgan fingerprint density at radius 2 is 1.87 bits per heavy atom. The van der Waals surface area contributed by atoms with E-state index in [4.69, 9.17) is 11.5 Å². The first kappa shape index (κ1) is 22.7. The number of aromatic nitrogens is 1. The van der Waals surface area contributed by atoms with Crippen LogP contribution < -0.4 is 21.7 Å². The summed E-state index contributed by atoms with van der Waals surface area (Å²) < 4.78 is 3.94. The lowest BCUT2D eigenvalue weighted by Gasteiger charge is -2.32. The summed E-state index contributed by atoms with van der Waals surface area (Å²) in [6.07, 6.45) is 5.25. The van der Waals surface area contributed by atoms with Gasteiger partial charge in [-0.15, -0.1) is 0 Å². The molecule has 5 N–H and O–H groups in total. The van der Waals surface area contributed by atoms with Crippen LogP contribution in [-0.4, -0.2) is 34.2 Å². The molecule has 1 aliphatic rings. The van der Waals surface area contributed by atoms with Crippen molar-refractivity contribution in [1.29, 1.82) is 0 Å². The van der Waals surface area contributed by atoms with Gasteiger partial charge in [0, 0.05) is 11.7 Å². The lowest BCUT2D eigenvalue weighted by Crippen LogP contribution is -2.51. The number of primary amides is 1. The Labute approximate surface area is 186 Å². The summed E-state index contributed by atoms with van der Waals surface area (Å²) in [6, 6.07) is 5.05. The summed E-state index contributed by atoms with van der Waals surface area (Å²) in [5.74, 6) is -1.50. The molecule has 31 heavy (non-hydrogen) atoms. The SMILES string of the molecule is Cc1ccc(C)c(N(C(=O)c2snc(C(N)=O)c2N)[C@@H](C)C(=O)NC2CCCCC2)c1. The molecule has 2 aromatic rings. The molecule has 0 bridgehead atoms. The molecule has 3 amide bonds. The van der Waals surface area contributed by atoms with Crippen molar-refractivity contribution < 1.29 is 14.4 Å². The number of aryl methyl sites for hydroxylation is 2. The third kappa shape index (κ3) is 4.87. The molecule has 1 aromatic carbocycles. The van der Waals surface area contributed by atoms with Gasteiger partial charge in [-0.2, -0.15) is 4.37 Å². The van der Waals surface area contributed by atoms with Crippen molar-refractivity contribution >= 4 is 40.6 Å². The minimum absolute atomic E-state index is 0.0577. The average molecular weight is 444 g/mol. The van der Waals surface area contributed by atoms with Gasteiger partial charge in [0.25, 0.3) is 11.8 Å². The Morgan fingerprint density at radius 3 is 2.48 bits per heavy atom. The number of hydrogen-bond donors (Lipinski definition) is 3. The van der Waals surface area contributed by atoms with E-state index in [2.05, 4.69) is 9.69 Å². The predicted octanol–water partition coefficient (Wildman–Crippen LogP) is 2.93.